The van der Waals surface area contributed by atoms with Gasteiger partial charge in [0.25, 0.3) is 5.91 Å². The lowest BCUT2D eigenvalue weighted by Gasteiger charge is -2.09. The molecular weight excluding hydrogens is 294 g/mol. The van der Waals surface area contributed by atoms with Gasteiger partial charge in [-0.1, -0.05) is 37.2 Å². The molecule has 2 aromatic heterocycles. The highest BCUT2D eigenvalue weighted by molar-refractivity contribution is 5.92. The van der Waals surface area contributed by atoms with E-state index < -0.39 is 0 Å². The van der Waals surface area contributed by atoms with Crippen LogP contribution >= 0.6 is 0 Å². The maximum Gasteiger partial charge on any atom is 0.273 e. The number of para-hydroxylation sites is 1. The number of hydrogen-bond donors (Lipinski definition) is 1. The highest BCUT2D eigenvalue weighted by atomic mass is 16.5. The van der Waals surface area contributed by atoms with Gasteiger partial charge in [0.05, 0.1) is 5.69 Å². The summed E-state index contributed by atoms with van der Waals surface area (Å²) in [6, 6.07) is 9.34. The highest BCUT2D eigenvalue weighted by Gasteiger charge is 2.15. The van der Waals surface area contributed by atoms with Crippen molar-refractivity contribution in [1.29, 1.82) is 0 Å². The number of carbonyl (C=O) groups excluding carboxylic acids is 1. The molecule has 7 nitrogen and oxygen atoms in total. The van der Waals surface area contributed by atoms with Crippen LogP contribution in [0.4, 0.5) is 0 Å². The van der Waals surface area contributed by atoms with E-state index >= 15 is 0 Å². The van der Waals surface area contributed by atoms with Crippen molar-refractivity contribution in [2.24, 2.45) is 0 Å². The largest absolute Gasteiger partial charge is 0.360 e. The van der Waals surface area contributed by atoms with Gasteiger partial charge in [-0.15, -0.1) is 0 Å². The van der Waals surface area contributed by atoms with Crippen molar-refractivity contribution >= 4 is 5.91 Å². The number of rotatable bonds is 5. The Kier molecular flexibility index (Phi) is 4.18. The summed E-state index contributed by atoms with van der Waals surface area (Å²) >= 11 is 0. The number of hydrogen-bond acceptors (Lipinski definition) is 5. The summed E-state index contributed by atoms with van der Waals surface area (Å²) in [5, 5.41) is 10.8. The van der Waals surface area contributed by atoms with Gasteiger partial charge in [-0.2, -0.15) is 5.10 Å². The minimum Gasteiger partial charge on any atom is -0.360 e. The molecule has 1 N–H and O–H groups in total. The predicted octanol–water partition coefficient (Wildman–Crippen LogP) is 2.31. The number of amides is 1. The molecule has 1 aromatic carbocycles. The Morgan fingerprint density at radius 1 is 1.35 bits per heavy atom. The van der Waals surface area contributed by atoms with E-state index in [9.17, 15) is 4.79 Å². The van der Waals surface area contributed by atoms with E-state index in [1.165, 1.54) is 6.33 Å². The van der Waals surface area contributed by atoms with E-state index in [0.717, 1.165) is 11.3 Å². The Labute approximate surface area is 133 Å². The first-order valence-electron chi connectivity index (χ1n) is 7.33. The van der Waals surface area contributed by atoms with Crippen LogP contribution in [0.1, 0.15) is 41.6 Å². The molecule has 3 rings (SSSR count). The second-order valence-corrected chi connectivity index (χ2v) is 5.42. The van der Waals surface area contributed by atoms with Crippen molar-refractivity contribution in [1.82, 2.24) is 25.2 Å². The first-order valence-corrected chi connectivity index (χ1v) is 7.33. The topological polar surface area (TPSA) is 85.8 Å². The fourth-order valence-corrected chi connectivity index (χ4v) is 2.15. The second-order valence-electron chi connectivity index (χ2n) is 5.42. The SMILES string of the molecule is CC(C)c1cc(C(=O)NCc2ccccc2-n2cncn2)no1. The molecule has 0 aliphatic rings. The quantitative estimate of drug-likeness (QED) is 0.781. The van der Waals surface area contributed by atoms with Crippen LogP contribution in [0.15, 0.2) is 47.5 Å². The van der Waals surface area contributed by atoms with Crippen LogP contribution in [0.2, 0.25) is 0 Å². The third-order valence-corrected chi connectivity index (χ3v) is 3.43. The third-order valence-electron chi connectivity index (χ3n) is 3.43. The van der Waals surface area contributed by atoms with Crippen molar-refractivity contribution in [2.75, 3.05) is 0 Å². The van der Waals surface area contributed by atoms with E-state index in [2.05, 4.69) is 20.6 Å². The van der Waals surface area contributed by atoms with E-state index in [0.29, 0.717) is 12.3 Å². The van der Waals surface area contributed by atoms with Gasteiger partial charge in [0.2, 0.25) is 0 Å². The molecule has 0 unspecified atom stereocenters. The summed E-state index contributed by atoms with van der Waals surface area (Å²) < 4.78 is 6.81. The number of nitrogens with one attached hydrogen (secondary N) is 1. The van der Waals surface area contributed by atoms with Crippen LogP contribution < -0.4 is 5.32 Å². The van der Waals surface area contributed by atoms with Gasteiger partial charge in [0.1, 0.15) is 18.4 Å². The van der Waals surface area contributed by atoms with Gasteiger partial charge in [-0.25, -0.2) is 9.67 Å². The average Bonchev–Trinajstić information content (AvgIpc) is 3.24. The summed E-state index contributed by atoms with van der Waals surface area (Å²) in [7, 11) is 0. The zero-order chi connectivity index (χ0) is 16.2. The molecule has 23 heavy (non-hydrogen) atoms. The summed E-state index contributed by atoms with van der Waals surface area (Å²) in [4.78, 5) is 16.1. The van der Waals surface area contributed by atoms with Crippen molar-refractivity contribution < 1.29 is 9.32 Å². The lowest BCUT2D eigenvalue weighted by Crippen LogP contribution is -2.23. The van der Waals surface area contributed by atoms with Gasteiger partial charge in [-0.3, -0.25) is 4.79 Å². The number of nitrogens with zero attached hydrogens (tertiary/aromatic N) is 4. The minimum absolute atomic E-state index is 0.192. The zero-order valence-corrected chi connectivity index (χ0v) is 12.9. The minimum atomic E-state index is -0.269. The summed E-state index contributed by atoms with van der Waals surface area (Å²) in [6.45, 7) is 4.33. The molecule has 0 aliphatic carbocycles. The number of benzene rings is 1. The van der Waals surface area contributed by atoms with Crippen molar-refractivity contribution in [3.05, 3.63) is 60.0 Å². The zero-order valence-electron chi connectivity index (χ0n) is 12.9. The third kappa shape index (κ3) is 3.28. The van der Waals surface area contributed by atoms with Crippen LogP contribution in [0.3, 0.4) is 0 Å². The standard InChI is InChI=1S/C16H17N5O2/c1-11(2)15-7-13(20-23-15)16(22)18-8-12-5-3-4-6-14(12)21-10-17-9-19-21/h3-7,9-11H,8H2,1-2H3,(H,18,22). The van der Waals surface area contributed by atoms with Crippen LogP contribution in [-0.2, 0) is 6.54 Å². The van der Waals surface area contributed by atoms with E-state index in [1.807, 2.05) is 38.1 Å². The maximum atomic E-state index is 12.2. The molecule has 0 saturated carbocycles. The first kappa shape index (κ1) is 15.0. The molecule has 0 bridgehead atoms. The molecular formula is C16H17N5O2. The molecule has 118 valence electrons. The van der Waals surface area contributed by atoms with Crippen LogP contribution in [0, 0.1) is 0 Å². The molecule has 3 aromatic rings. The van der Waals surface area contributed by atoms with Gasteiger partial charge in [0.15, 0.2) is 5.69 Å². The fraction of sp³-hybridized carbons (Fsp3) is 0.250. The Hall–Kier alpha value is -2.96. The average molecular weight is 311 g/mol. The highest BCUT2D eigenvalue weighted by Crippen LogP contribution is 2.16. The van der Waals surface area contributed by atoms with Crippen molar-refractivity contribution in [3.8, 4) is 5.69 Å². The van der Waals surface area contributed by atoms with E-state index in [4.69, 9.17) is 4.52 Å². The van der Waals surface area contributed by atoms with Gasteiger partial charge < -0.3 is 9.84 Å². The van der Waals surface area contributed by atoms with Gasteiger partial charge in [-0.05, 0) is 11.6 Å². The van der Waals surface area contributed by atoms with Gasteiger partial charge >= 0.3 is 0 Å². The molecule has 0 fully saturated rings. The molecule has 1 amide bonds. The molecule has 0 spiro atoms. The molecule has 0 saturated heterocycles. The number of carbonyl (C=O) groups is 1. The van der Waals surface area contributed by atoms with Crippen LogP contribution in [0.25, 0.3) is 5.69 Å². The van der Waals surface area contributed by atoms with Crippen molar-refractivity contribution in [2.45, 2.75) is 26.3 Å². The summed E-state index contributed by atoms with van der Waals surface area (Å²) in [5.41, 5.74) is 2.08. The van der Waals surface area contributed by atoms with Crippen LogP contribution in [0.5, 0.6) is 0 Å². The fourth-order valence-electron chi connectivity index (χ4n) is 2.15. The first-order chi connectivity index (χ1) is 11.1. The Morgan fingerprint density at radius 3 is 2.87 bits per heavy atom. The Balaban J connectivity index is 1.72. The van der Waals surface area contributed by atoms with Gasteiger partial charge in [0, 0.05) is 18.5 Å². The molecule has 2 heterocycles. The summed E-state index contributed by atoms with van der Waals surface area (Å²) in [5.74, 6) is 0.615. The lowest BCUT2D eigenvalue weighted by atomic mass is 10.1. The Morgan fingerprint density at radius 2 is 2.17 bits per heavy atom. The molecule has 7 heteroatoms. The normalized spacial score (nSPS) is 10.9. The summed E-state index contributed by atoms with van der Waals surface area (Å²) in [6.07, 6.45) is 3.09. The number of aromatic nitrogens is 4. The van der Waals surface area contributed by atoms with Crippen molar-refractivity contribution in [3.63, 3.8) is 0 Å². The molecule has 0 aliphatic heterocycles. The monoisotopic (exact) mass is 311 g/mol. The predicted molar refractivity (Wildman–Crippen MR) is 83.1 cm³/mol. The second kappa shape index (κ2) is 6.43. The van der Waals surface area contributed by atoms with Crippen LogP contribution in [-0.4, -0.2) is 25.8 Å². The lowest BCUT2D eigenvalue weighted by molar-refractivity contribution is 0.0941. The molecule has 0 atom stereocenters. The smallest absolute Gasteiger partial charge is 0.273 e. The Bertz CT molecular complexity index is 792. The maximum absolute atomic E-state index is 12.2. The van der Waals surface area contributed by atoms with E-state index in [-0.39, 0.29) is 17.5 Å². The van der Waals surface area contributed by atoms with E-state index in [1.54, 1.807) is 17.1 Å². The molecule has 0 radical (unpaired) electrons.